The lowest BCUT2D eigenvalue weighted by Crippen LogP contribution is -2.41. The Morgan fingerprint density at radius 1 is 1.33 bits per heavy atom. The molecule has 1 fully saturated rings. The fourth-order valence-corrected chi connectivity index (χ4v) is 1.71. The van der Waals surface area contributed by atoms with Gasteiger partial charge < -0.3 is 0 Å². The van der Waals surface area contributed by atoms with Crippen molar-refractivity contribution in [3.63, 3.8) is 0 Å². The highest BCUT2D eigenvalue weighted by Gasteiger charge is 2.25. The maximum absolute atomic E-state index is 11.4. The number of piperidine rings is 1. The number of imide groups is 1. The van der Waals surface area contributed by atoms with Crippen molar-refractivity contribution < 1.29 is 9.59 Å². The van der Waals surface area contributed by atoms with E-state index in [4.69, 9.17) is 0 Å². The Morgan fingerprint density at radius 3 is 2.67 bits per heavy atom. The summed E-state index contributed by atoms with van der Waals surface area (Å²) in [4.78, 5) is 24.2. The van der Waals surface area contributed by atoms with Crippen molar-refractivity contribution in [2.75, 3.05) is 6.54 Å². The summed E-state index contributed by atoms with van der Waals surface area (Å²) >= 11 is 0. The first-order chi connectivity index (χ1) is 7.27. The summed E-state index contributed by atoms with van der Waals surface area (Å²) in [5, 5.41) is 6.62. The maximum atomic E-state index is 11.4. The second kappa shape index (κ2) is 4.25. The fraction of sp³-hybridized carbons (Fsp3) is 0.500. The molecule has 0 bridgehead atoms. The zero-order chi connectivity index (χ0) is 10.7. The minimum Gasteiger partial charge on any atom is -0.283 e. The molecule has 1 aromatic heterocycles. The summed E-state index contributed by atoms with van der Waals surface area (Å²) in [5.74, 6) is -0.100. The number of hydrogen-bond donors (Lipinski definition) is 1. The standard InChI is InChI=1S/C10H13N3O2/c14-9-2-1-3-10(15)13(9)7-5-8-4-6-11-12-8/h4,6H,1-3,5,7H2,(H,11,12). The van der Waals surface area contributed by atoms with Crippen LogP contribution in [0.15, 0.2) is 12.3 Å². The normalized spacial score (nSPS) is 17.2. The van der Waals surface area contributed by atoms with E-state index in [1.54, 1.807) is 6.20 Å². The van der Waals surface area contributed by atoms with E-state index in [1.165, 1.54) is 4.90 Å². The summed E-state index contributed by atoms with van der Waals surface area (Å²) in [6, 6.07) is 1.85. The van der Waals surface area contributed by atoms with E-state index in [-0.39, 0.29) is 11.8 Å². The third-order valence-corrected chi connectivity index (χ3v) is 2.55. The van der Waals surface area contributed by atoms with Crippen molar-refractivity contribution in [3.05, 3.63) is 18.0 Å². The molecule has 0 aromatic carbocycles. The van der Waals surface area contributed by atoms with Gasteiger partial charge in [0.1, 0.15) is 0 Å². The average molecular weight is 207 g/mol. The third-order valence-electron chi connectivity index (χ3n) is 2.55. The minimum atomic E-state index is -0.0502. The van der Waals surface area contributed by atoms with E-state index < -0.39 is 0 Å². The number of H-pyrrole nitrogens is 1. The quantitative estimate of drug-likeness (QED) is 0.733. The average Bonchev–Trinajstić information content (AvgIpc) is 2.70. The van der Waals surface area contributed by atoms with Gasteiger partial charge in [0.15, 0.2) is 0 Å². The van der Waals surface area contributed by atoms with Crippen LogP contribution < -0.4 is 0 Å². The SMILES string of the molecule is O=C1CCCC(=O)N1CCc1ccn[nH]1. The second-order valence-electron chi connectivity index (χ2n) is 3.62. The Labute approximate surface area is 87.5 Å². The molecule has 15 heavy (non-hydrogen) atoms. The van der Waals surface area contributed by atoms with E-state index in [2.05, 4.69) is 10.2 Å². The number of likely N-dealkylation sites (tertiary alicyclic amines) is 1. The Bertz CT molecular complexity index is 343. The molecule has 1 aliphatic rings. The van der Waals surface area contributed by atoms with Crippen molar-refractivity contribution in [2.45, 2.75) is 25.7 Å². The van der Waals surface area contributed by atoms with Crippen LogP contribution in [0.1, 0.15) is 25.0 Å². The lowest BCUT2D eigenvalue weighted by molar-refractivity contribution is -0.147. The third kappa shape index (κ3) is 2.23. The molecule has 80 valence electrons. The molecule has 0 unspecified atom stereocenters. The Balaban J connectivity index is 1.92. The molecule has 1 saturated heterocycles. The van der Waals surface area contributed by atoms with Crippen molar-refractivity contribution in [2.24, 2.45) is 0 Å². The molecule has 0 spiro atoms. The van der Waals surface area contributed by atoms with Gasteiger partial charge in [-0.05, 0) is 12.5 Å². The maximum Gasteiger partial charge on any atom is 0.229 e. The van der Waals surface area contributed by atoms with Gasteiger partial charge in [0.25, 0.3) is 0 Å². The van der Waals surface area contributed by atoms with Crippen molar-refractivity contribution in [1.82, 2.24) is 15.1 Å². The number of amides is 2. The molecule has 2 amide bonds. The Hall–Kier alpha value is -1.65. The van der Waals surface area contributed by atoms with E-state index in [0.717, 1.165) is 5.69 Å². The molecule has 1 aliphatic heterocycles. The van der Waals surface area contributed by atoms with Gasteiger partial charge in [-0.25, -0.2) is 0 Å². The first kappa shape index (κ1) is 9.89. The number of hydrogen-bond acceptors (Lipinski definition) is 3. The van der Waals surface area contributed by atoms with E-state index >= 15 is 0 Å². The van der Waals surface area contributed by atoms with Gasteiger partial charge in [0, 0.05) is 37.7 Å². The van der Waals surface area contributed by atoms with Crippen LogP contribution in [0, 0.1) is 0 Å². The second-order valence-corrected chi connectivity index (χ2v) is 3.62. The van der Waals surface area contributed by atoms with Gasteiger partial charge in [-0.15, -0.1) is 0 Å². The van der Waals surface area contributed by atoms with Crippen molar-refractivity contribution in [3.8, 4) is 0 Å². The Kier molecular flexibility index (Phi) is 2.80. The van der Waals surface area contributed by atoms with Crippen LogP contribution in [0.4, 0.5) is 0 Å². The van der Waals surface area contributed by atoms with Gasteiger partial charge >= 0.3 is 0 Å². The fourth-order valence-electron chi connectivity index (χ4n) is 1.71. The van der Waals surface area contributed by atoms with Crippen LogP contribution in [0.2, 0.25) is 0 Å². The highest BCUT2D eigenvalue weighted by atomic mass is 16.2. The van der Waals surface area contributed by atoms with E-state index in [9.17, 15) is 9.59 Å². The monoisotopic (exact) mass is 207 g/mol. The zero-order valence-corrected chi connectivity index (χ0v) is 8.40. The molecule has 2 rings (SSSR count). The van der Waals surface area contributed by atoms with Crippen LogP contribution in [-0.4, -0.2) is 33.5 Å². The van der Waals surface area contributed by atoms with Crippen LogP contribution in [0.25, 0.3) is 0 Å². The van der Waals surface area contributed by atoms with Crippen LogP contribution in [0.3, 0.4) is 0 Å². The molecule has 1 N–H and O–H groups in total. The smallest absolute Gasteiger partial charge is 0.229 e. The molecule has 0 atom stereocenters. The topological polar surface area (TPSA) is 66.1 Å². The predicted molar refractivity (Wildman–Crippen MR) is 52.9 cm³/mol. The summed E-state index contributed by atoms with van der Waals surface area (Å²) in [7, 11) is 0. The highest BCUT2D eigenvalue weighted by Crippen LogP contribution is 2.12. The highest BCUT2D eigenvalue weighted by molar-refractivity contribution is 5.97. The van der Waals surface area contributed by atoms with Gasteiger partial charge in [0.05, 0.1) is 0 Å². The number of carbonyl (C=O) groups is 2. The largest absolute Gasteiger partial charge is 0.283 e. The molecule has 5 nitrogen and oxygen atoms in total. The zero-order valence-electron chi connectivity index (χ0n) is 8.40. The Morgan fingerprint density at radius 2 is 2.07 bits per heavy atom. The summed E-state index contributed by atoms with van der Waals surface area (Å²) in [5.41, 5.74) is 0.946. The summed E-state index contributed by atoms with van der Waals surface area (Å²) < 4.78 is 0. The number of rotatable bonds is 3. The first-order valence-electron chi connectivity index (χ1n) is 5.09. The van der Waals surface area contributed by atoms with Gasteiger partial charge in [-0.3, -0.25) is 19.6 Å². The lowest BCUT2D eigenvalue weighted by atomic mass is 10.1. The van der Waals surface area contributed by atoms with Crippen LogP contribution in [-0.2, 0) is 16.0 Å². The lowest BCUT2D eigenvalue weighted by Gasteiger charge is -2.24. The molecule has 0 saturated carbocycles. The predicted octanol–water partition coefficient (Wildman–Crippen LogP) is 0.491. The van der Waals surface area contributed by atoms with E-state index in [1.807, 2.05) is 6.07 Å². The van der Waals surface area contributed by atoms with Crippen molar-refractivity contribution >= 4 is 11.8 Å². The molecular weight excluding hydrogens is 194 g/mol. The number of aromatic nitrogens is 2. The van der Waals surface area contributed by atoms with Gasteiger partial charge in [0.2, 0.25) is 11.8 Å². The number of nitrogens with zero attached hydrogens (tertiary/aromatic N) is 2. The van der Waals surface area contributed by atoms with Gasteiger partial charge in [-0.2, -0.15) is 5.10 Å². The van der Waals surface area contributed by atoms with Crippen molar-refractivity contribution in [1.29, 1.82) is 0 Å². The molecule has 0 aliphatic carbocycles. The first-order valence-corrected chi connectivity index (χ1v) is 5.09. The molecule has 5 heteroatoms. The number of aromatic amines is 1. The van der Waals surface area contributed by atoms with E-state index in [0.29, 0.717) is 32.2 Å². The van der Waals surface area contributed by atoms with Crippen LogP contribution in [0.5, 0.6) is 0 Å². The molecular formula is C10H13N3O2. The molecule has 0 radical (unpaired) electrons. The number of carbonyl (C=O) groups excluding carboxylic acids is 2. The molecule has 2 heterocycles. The van der Waals surface area contributed by atoms with Crippen LogP contribution >= 0.6 is 0 Å². The minimum absolute atomic E-state index is 0.0502. The molecule has 1 aromatic rings. The summed E-state index contributed by atoms with van der Waals surface area (Å²) in [6.07, 6.45) is 3.99. The number of nitrogens with one attached hydrogen (secondary N) is 1. The van der Waals surface area contributed by atoms with Gasteiger partial charge in [-0.1, -0.05) is 0 Å². The summed E-state index contributed by atoms with van der Waals surface area (Å²) in [6.45, 7) is 0.458.